The SMILES string of the molecule is Cn1c(Nc2c(Cl)ccc(CNC(=O)C(C)(C)F)c2Cl)nc2cc(C(=O)NCC(F)(F)C(F)(F)F)c(N3CCOCC3)cc21. The van der Waals surface area contributed by atoms with E-state index in [0.29, 0.717) is 37.4 Å². The third kappa shape index (κ3) is 7.10. The number of ether oxygens (including phenoxy) is 1. The van der Waals surface area contributed by atoms with Gasteiger partial charge in [-0.15, -0.1) is 0 Å². The Balaban J connectivity index is 1.69. The average Bonchev–Trinajstić information content (AvgIpc) is 3.25. The summed E-state index contributed by atoms with van der Waals surface area (Å²) in [6.07, 6.45) is -5.84. The maximum absolute atomic E-state index is 13.9. The van der Waals surface area contributed by atoms with Gasteiger partial charge >= 0.3 is 12.1 Å². The van der Waals surface area contributed by atoms with Gasteiger partial charge in [0.25, 0.3) is 11.8 Å². The maximum atomic E-state index is 13.9. The molecule has 9 nitrogen and oxygen atoms in total. The lowest BCUT2D eigenvalue weighted by molar-refractivity contribution is -0.278. The second-order valence-corrected chi connectivity index (χ2v) is 11.3. The molecular formula is C27H28Cl2F6N6O3. The van der Waals surface area contributed by atoms with Crippen LogP contribution in [0.5, 0.6) is 0 Å². The number of anilines is 3. The molecule has 0 saturated carbocycles. The topological polar surface area (TPSA) is 101 Å². The molecule has 17 heteroatoms. The number of aromatic nitrogens is 2. The van der Waals surface area contributed by atoms with Crippen molar-refractivity contribution in [3.05, 3.63) is 45.4 Å². The Labute approximate surface area is 257 Å². The highest BCUT2D eigenvalue weighted by molar-refractivity contribution is 6.39. The van der Waals surface area contributed by atoms with E-state index in [9.17, 15) is 35.9 Å². The van der Waals surface area contributed by atoms with E-state index in [4.69, 9.17) is 27.9 Å². The fraction of sp³-hybridized carbons (Fsp3) is 0.444. The molecule has 0 aliphatic carbocycles. The number of alkyl halides is 6. The molecule has 2 heterocycles. The Morgan fingerprint density at radius 1 is 1.02 bits per heavy atom. The van der Waals surface area contributed by atoms with Crippen molar-refractivity contribution >= 4 is 63.4 Å². The summed E-state index contributed by atoms with van der Waals surface area (Å²) in [5, 5.41) is 7.45. The molecule has 240 valence electrons. The fourth-order valence-corrected chi connectivity index (χ4v) is 4.85. The van der Waals surface area contributed by atoms with Gasteiger partial charge < -0.3 is 30.2 Å². The highest BCUT2D eigenvalue weighted by Gasteiger charge is 2.57. The van der Waals surface area contributed by atoms with E-state index in [1.807, 2.05) is 0 Å². The number of hydrogen-bond acceptors (Lipinski definition) is 6. The van der Waals surface area contributed by atoms with Crippen molar-refractivity contribution in [2.75, 3.05) is 43.1 Å². The van der Waals surface area contributed by atoms with Crippen molar-refractivity contribution in [1.29, 1.82) is 0 Å². The van der Waals surface area contributed by atoms with Crippen LogP contribution in [0.2, 0.25) is 10.0 Å². The van der Waals surface area contributed by atoms with Gasteiger partial charge in [-0.2, -0.15) is 22.0 Å². The van der Waals surface area contributed by atoms with Crippen LogP contribution in [0.4, 0.5) is 43.7 Å². The van der Waals surface area contributed by atoms with Crippen LogP contribution < -0.4 is 20.9 Å². The minimum atomic E-state index is -5.84. The van der Waals surface area contributed by atoms with Crippen molar-refractivity contribution in [1.82, 2.24) is 20.2 Å². The lowest BCUT2D eigenvalue weighted by Gasteiger charge is -2.30. The van der Waals surface area contributed by atoms with E-state index in [2.05, 4.69) is 15.6 Å². The van der Waals surface area contributed by atoms with Crippen molar-refractivity contribution in [2.45, 2.75) is 38.2 Å². The molecule has 1 saturated heterocycles. The molecule has 1 aliphatic heterocycles. The number of nitrogens with one attached hydrogen (secondary N) is 3. The first kappa shape index (κ1) is 33.5. The van der Waals surface area contributed by atoms with Gasteiger partial charge in [-0.05, 0) is 37.6 Å². The minimum absolute atomic E-state index is 0.103. The molecule has 3 aromatic rings. The molecule has 1 aliphatic rings. The van der Waals surface area contributed by atoms with Crippen LogP contribution in [0.25, 0.3) is 11.0 Å². The highest BCUT2D eigenvalue weighted by Crippen LogP contribution is 2.38. The van der Waals surface area contributed by atoms with Gasteiger partial charge in [-0.1, -0.05) is 29.3 Å². The van der Waals surface area contributed by atoms with Crippen molar-refractivity contribution < 1.29 is 40.7 Å². The number of fused-ring (bicyclic) bond motifs is 1. The minimum Gasteiger partial charge on any atom is -0.378 e. The molecule has 0 spiro atoms. The Bertz CT molecular complexity index is 1570. The van der Waals surface area contributed by atoms with Crippen LogP contribution in [0, 0.1) is 0 Å². The zero-order chi connectivity index (χ0) is 32.6. The first-order valence-corrected chi connectivity index (χ1v) is 13.9. The second-order valence-electron chi connectivity index (χ2n) is 10.5. The number of hydrogen-bond donors (Lipinski definition) is 3. The van der Waals surface area contributed by atoms with Gasteiger partial charge in [-0.25, -0.2) is 9.37 Å². The van der Waals surface area contributed by atoms with Crippen molar-refractivity contribution in [3.8, 4) is 0 Å². The maximum Gasteiger partial charge on any atom is 0.455 e. The van der Waals surface area contributed by atoms with Crippen molar-refractivity contribution in [3.63, 3.8) is 0 Å². The monoisotopic (exact) mass is 668 g/mol. The summed E-state index contributed by atoms with van der Waals surface area (Å²) in [6, 6.07) is 5.93. The first-order valence-electron chi connectivity index (χ1n) is 13.2. The number of morpholine rings is 1. The van der Waals surface area contributed by atoms with Crippen molar-refractivity contribution in [2.24, 2.45) is 7.05 Å². The molecule has 1 aromatic heterocycles. The summed E-state index contributed by atoms with van der Waals surface area (Å²) in [6.45, 7) is 1.46. The Morgan fingerprint density at radius 2 is 1.68 bits per heavy atom. The lowest BCUT2D eigenvalue weighted by atomic mass is 10.1. The number of nitrogens with zero attached hydrogens (tertiary/aromatic N) is 3. The molecule has 2 aromatic carbocycles. The predicted octanol–water partition coefficient (Wildman–Crippen LogP) is 5.75. The Kier molecular flexibility index (Phi) is 9.52. The summed E-state index contributed by atoms with van der Waals surface area (Å²) in [4.78, 5) is 31.2. The normalized spacial score (nSPS) is 14.6. The fourth-order valence-electron chi connectivity index (χ4n) is 4.32. The zero-order valence-electron chi connectivity index (χ0n) is 23.6. The van der Waals surface area contributed by atoms with Crippen LogP contribution in [0.3, 0.4) is 0 Å². The number of carbonyl (C=O) groups is 2. The van der Waals surface area contributed by atoms with Crippen LogP contribution in [-0.2, 0) is 23.1 Å². The van der Waals surface area contributed by atoms with Crippen LogP contribution in [0.1, 0.15) is 29.8 Å². The third-order valence-electron chi connectivity index (χ3n) is 6.87. The average molecular weight is 669 g/mol. The molecular weight excluding hydrogens is 641 g/mol. The van der Waals surface area contributed by atoms with Gasteiger partial charge in [-0.3, -0.25) is 9.59 Å². The number of benzene rings is 2. The van der Waals surface area contributed by atoms with Crippen LogP contribution in [-0.4, -0.2) is 72.0 Å². The smallest absolute Gasteiger partial charge is 0.378 e. The van der Waals surface area contributed by atoms with E-state index in [1.165, 1.54) is 12.1 Å². The molecule has 4 rings (SSSR count). The van der Waals surface area contributed by atoms with Gasteiger partial charge in [0.1, 0.15) is 0 Å². The Morgan fingerprint density at radius 3 is 2.30 bits per heavy atom. The summed E-state index contributed by atoms with van der Waals surface area (Å²) in [5.74, 6) is -6.93. The number of halogens is 8. The largest absolute Gasteiger partial charge is 0.455 e. The Hall–Kier alpha value is -3.43. The number of amides is 2. The number of carbonyl (C=O) groups excluding carboxylic acids is 2. The number of aryl methyl sites for hydroxylation is 1. The standard InChI is InChI=1S/C27H28Cl2F6N6O3/c1-25(2,30)23(43)36-12-14-4-5-16(28)21(20(14)29)39-24-38-17-10-15(22(42)37-13-26(31,32)27(33,34)35)18(11-19(17)40(24)3)41-6-8-44-9-7-41/h4-5,10-11H,6-9,12-13H2,1-3H3,(H,36,43)(H,37,42)(H,38,39). The van der Waals surface area contributed by atoms with Gasteiger partial charge in [0, 0.05) is 26.7 Å². The van der Waals surface area contributed by atoms with Gasteiger partial charge in [0.15, 0.2) is 5.67 Å². The third-order valence-corrected chi connectivity index (χ3v) is 7.61. The van der Waals surface area contributed by atoms with E-state index in [1.54, 1.807) is 34.0 Å². The molecule has 2 amide bonds. The highest BCUT2D eigenvalue weighted by atomic mass is 35.5. The quantitative estimate of drug-likeness (QED) is 0.251. The van der Waals surface area contributed by atoms with E-state index >= 15 is 0 Å². The lowest BCUT2D eigenvalue weighted by Crippen LogP contribution is -2.47. The second kappa shape index (κ2) is 12.5. The molecule has 1 fully saturated rings. The van der Waals surface area contributed by atoms with E-state index in [-0.39, 0.29) is 45.0 Å². The number of imidazole rings is 1. The summed E-state index contributed by atoms with van der Waals surface area (Å²) < 4.78 is 86.1. The van der Waals surface area contributed by atoms with E-state index < -0.39 is 36.1 Å². The molecule has 3 N–H and O–H groups in total. The van der Waals surface area contributed by atoms with Gasteiger partial charge in [0.2, 0.25) is 5.95 Å². The molecule has 0 radical (unpaired) electrons. The van der Waals surface area contributed by atoms with Gasteiger partial charge in [0.05, 0.1) is 57.8 Å². The number of rotatable bonds is 9. The molecule has 0 unspecified atom stereocenters. The summed E-state index contributed by atoms with van der Waals surface area (Å²) in [7, 11) is 1.64. The first-order chi connectivity index (χ1) is 20.4. The van der Waals surface area contributed by atoms with Crippen LogP contribution >= 0.6 is 23.2 Å². The zero-order valence-corrected chi connectivity index (χ0v) is 25.2. The molecule has 44 heavy (non-hydrogen) atoms. The molecule has 0 atom stereocenters. The summed E-state index contributed by atoms with van der Waals surface area (Å²) in [5.41, 5.74) is -0.674. The van der Waals surface area contributed by atoms with Crippen LogP contribution in [0.15, 0.2) is 24.3 Å². The molecule has 0 bridgehead atoms. The van der Waals surface area contributed by atoms with E-state index in [0.717, 1.165) is 13.8 Å². The summed E-state index contributed by atoms with van der Waals surface area (Å²) >= 11 is 13.0. The predicted molar refractivity (Wildman–Crippen MR) is 154 cm³/mol.